The number of hydrogen-bond donors (Lipinski definition) is 0. The zero-order valence-electron chi connectivity index (χ0n) is 14.3. The van der Waals surface area contributed by atoms with E-state index < -0.39 is 0 Å². The summed E-state index contributed by atoms with van der Waals surface area (Å²) in [7, 11) is 0. The van der Waals surface area contributed by atoms with Gasteiger partial charge in [-0.05, 0) is 53.9 Å². The lowest BCUT2D eigenvalue weighted by Gasteiger charge is -2.50. The first-order chi connectivity index (χ1) is 9.14. The minimum absolute atomic E-state index is 0.352. The predicted octanol–water partition coefficient (Wildman–Crippen LogP) is 2.27. The fourth-order valence-corrected chi connectivity index (χ4v) is 4.36. The molecule has 3 fully saturated rings. The Labute approximate surface area is 125 Å². The fraction of sp³-hybridized carbons (Fsp3) is 1.00. The van der Waals surface area contributed by atoms with Crippen molar-refractivity contribution in [1.82, 2.24) is 14.7 Å². The van der Waals surface area contributed by atoms with E-state index in [9.17, 15) is 0 Å². The Balaban J connectivity index is 1.47. The van der Waals surface area contributed by atoms with Gasteiger partial charge in [0.15, 0.2) is 0 Å². The Morgan fingerprint density at radius 3 is 1.90 bits per heavy atom. The predicted molar refractivity (Wildman–Crippen MR) is 85.0 cm³/mol. The molecule has 0 N–H and O–H groups in total. The van der Waals surface area contributed by atoms with Crippen LogP contribution in [0.15, 0.2) is 0 Å². The molecule has 0 aromatic carbocycles. The summed E-state index contributed by atoms with van der Waals surface area (Å²) in [5, 5.41) is 0. The van der Waals surface area contributed by atoms with Gasteiger partial charge in [-0.15, -0.1) is 0 Å². The lowest BCUT2D eigenvalue weighted by atomic mass is 9.92. The first-order valence-electron chi connectivity index (χ1n) is 8.40. The topological polar surface area (TPSA) is 9.72 Å². The number of piperazine rings is 1. The van der Waals surface area contributed by atoms with Gasteiger partial charge in [-0.1, -0.05) is 0 Å². The van der Waals surface area contributed by atoms with Crippen molar-refractivity contribution in [3.8, 4) is 0 Å². The van der Waals surface area contributed by atoms with E-state index in [4.69, 9.17) is 0 Å². The van der Waals surface area contributed by atoms with Crippen molar-refractivity contribution in [2.45, 2.75) is 71.1 Å². The Kier molecular flexibility index (Phi) is 3.47. The van der Waals surface area contributed by atoms with Crippen molar-refractivity contribution in [3.05, 3.63) is 0 Å². The Morgan fingerprint density at radius 1 is 0.800 bits per heavy atom. The number of rotatable bonds is 2. The van der Waals surface area contributed by atoms with Gasteiger partial charge in [-0.25, -0.2) is 0 Å². The number of hydrogen-bond acceptors (Lipinski definition) is 3. The van der Waals surface area contributed by atoms with Crippen molar-refractivity contribution in [1.29, 1.82) is 0 Å². The molecule has 2 atom stereocenters. The molecule has 2 bridgehead atoms. The first kappa shape index (κ1) is 14.8. The van der Waals surface area contributed by atoms with E-state index in [1.807, 2.05) is 0 Å². The van der Waals surface area contributed by atoms with Gasteiger partial charge in [0, 0.05) is 55.9 Å². The van der Waals surface area contributed by atoms with Gasteiger partial charge < -0.3 is 0 Å². The zero-order chi connectivity index (χ0) is 14.7. The lowest BCUT2D eigenvalue weighted by molar-refractivity contribution is -0.0162. The molecule has 3 rings (SSSR count). The van der Waals surface area contributed by atoms with Crippen LogP contribution >= 0.6 is 0 Å². The van der Waals surface area contributed by atoms with E-state index in [1.165, 1.54) is 39.1 Å². The first-order valence-corrected chi connectivity index (χ1v) is 8.40. The van der Waals surface area contributed by atoms with Gasteiger partial charge in [0.05, 0.1) is 0 Å². The Morgan fingerprint density at radius 2 is 1.45 bits per heavy atom. The summed E-state index contributed by atoms with van der Waals surface area (Å²) in [4.78, 5) is 8.14. The molecule has 0 aromatic rings. The van der Waals surface area contributed by atoms with Crippen LogP contribution in [0.25, 0.3) is 0 Å². The largest absolute Gasteiger partial charge is 0.298 e. The molecule has 0 aromatic heterocycles. The summed E-state index contributed by atoms with van der Waals surface area (Å²) >= 11 is 0. The molecule has 2 unspecified atom stereocenters. The highest BCUT2D eigenvalue weighted by atomic mass is 15.4. The highest BCUT2D eigenvalue weighted by molar-refractivity contribution is 5.04. The molecule has 0 saturated carbocycles. The number of fused-ring (bicyclic) bond motifs is 2. The van der Waals surface area contributed by atoms with Crippen molar-refractivity contribution in [3.63, 3.8) is 0 Å². The van der Waals surface area contributed by atoms with E-state index in [1.54, 1.807) is 0 Å². The molecule has 3 heteroatoms. The summed E-state index contributed by atoms with van der Waals surface area (Å²) in [6.45, 7) is 20.7. The molecule has 116 valence electrons. The number of likely N-dealkylation sites (tertiary alicyclic amines) is 3. The van der Waals surface area contributed by atoms with Crippen LogP contribution in [-0.2, 0) is 0 Å². The molecule has 0 amide bonds. The molecule has 0 spiro atoms. The maximum absolute atomic E-state index is 2.79. The second kappa shape index (κ2) is 4.69. The van der Waals surface area contributed by atoms with E-state index in [0.29, 0.717) is 11.1 Å². The maximum atomic E-state index is 2.79. The highest BCUT2D eigenvalue weighted by Gasteiger charge is 2.47. The van der Waals surface area contributed by atoms with Crippen LogP contribution in [0.1, 0.15) is 48.0 Å². The second-order valence-corrected chi connectivity index (χ2v) is 9.26. The van der Waals surface area contributed by atoms with Crippen LogP contribution in [0.2, 0.25) is 0 Å². The lowest BCUT2D eigenvalue weighted by Crippen LogP contribution is -2.60. The van der Waals surface area contributed by atoms with Gasteiger partial charge in [0.1, 0.15) is 0 Å². The maximum Gasteiger partial charge on any atom is 0.0244 e. The van der Waals surface area contributed by atoms with Crippen LogP contribution < -0.4 is 0 Å². The van der Waals surface area contributed by atoms with Crippen molar-refractivity contribution < 1.29 is 0 Å². The average Bonchev–Trinajstić information content (AvgIpc) is 2.78. The summed E-state index contributed by atoms with van der Waals surface area (Å²) in [6, 6.07) is 1.65. The van der Waals surface area contributed by atoms with Crippen LogP contribution in [0.4, 0.5) is 0 Å². The quantitative estimate of drug-likeness (QED) is 0.768. The smallest absolute Gasteiger partial charge is 0.0244 e. The van der Waals surface area contributed by atoms with E-state index in [2.05, 4.69) is 56.2 Å². The molecule has 3 heterocycles. The van der Waals surface area contributed by atoms with E-state index in [-0.39, 0.29) is 0 Å². The molecular formula is C17H33N3. The van der Waals surface area contributed by atoms with Gasteiger partial charge in [-0.2, -0.15) is 0 Å². The van der Waals surface area contributed by atoms with Crippen LogP contribution in [-0.4, -0.2) is 70.6 Å². The molecular weight excluding hydrogens is 246 g/mol. The van der Waals surface area contributed by atoms with Gasteiger partial charge in [0.2, 0.25) is 0 Å². The zero-order valence-corrected chi connectivity index (χ0v) is 14.3. The minimum atomic E-state index is 0.352. The Bertz CT molecular complexity index is 359. The second-order valence-electron chi connectivity index (χ2n) is 9.26. The third-order valence-corrected chi connectivity index (χ3v) is 5.61. The molecule has 0 radical (unpaired) electrons. The van der Waals surface area contributed by atoms with Gasteiger partial charge in [0.25, 0.3) is 0 Å². The SMILES string of the molecule is CC(C)(C)N1CC(CN2CC3CC2CN3C(C)(C)C)C1. The molecule has 20 heavy (non-hydrogen) atoms. The van der Waals surface area contributed by atoms with Crippen molar-refractivity contribution in [2.75, 3.05) is 32.7 Å². The van der Waals surface area contributed by atoms with Crippen LogP contribution in [0.5, 0.6) is 0 Å². The third kappa shape index (κ3) is 2.65. The average molecular weight is 279 g/mol. The van der Waals surface area contributed by atoms with Crippen LogP contribution in [0, 0.1) is 5.92 Å². The van der Waals surface area contributed by atoms with Crippen molar-refractivity contribution in [2.24, 2.45) is 5.92 Å². The minimum Gasteiger partial charge on any atom is -0.298 e. The van der Waals surface area contributed by atoms with Gasteiger partial charge >= 0.3 is 0 Å². The molecule has 3 aliphatic heterocycles. The molecule has 3 aliphatic rings. The number of nitrogens with zero attached hydrogens (tertiary/aromatic N) is 3. The summed E-state index contributed by atoms with van der Waals surface area (Å²) in [5.41, 5.74) is 0.717. The summed E-state index contributed by atoms with van der Waals surface area (Å²) < 4.78 is 0. The van der Waals surface area contributed by atoms with E-state index >= 15 is 0 Å². The Hall–Kier alpha value is -0.120. The highest BCUT2D eigenvalue weighted by Crippen LogP contribution is 2.37. The normalized spacial score (nSPS) is 33.9. The summed E-state index contributed by atoms with van der Waals surface area (Å²) in [5.74, 6) is 0.914. The monoisotopic (exact) mass is 279 g/mol. The van der Waals surface area contributed by atoms with E-state index in [0.717, 1.165) is 18.0 Å². The van der Waals surface area contributed by atoms with Crippen LogP contribution in [0.3, 0.4) is 0 Å². The fourth-order valence-electron chi connectivity index (χ4n) is 4.36. The summed E-state index contributed by atoms with van der Waals surface area (Å²) in [6.07, 6.45) is 1.41. The molecule has 3 saturated heterocycles. The standard InChI is InChI=1S/C17H33N3/c1-16(2,3)19-9-13(10-19)8-18-11-15-7-14(18)12-20(15)17(4,5)6/h13-15H,7-12H2,1-6H3. The third-order valence-electron chi connectivity index (χ3n) is 5.61. The molecule has 0 aliphatic carbocycles. The van der Waals surface area contributed by atoms with Gasteiger partial charge in [-0.3, -0.25) is 14.7 Å². The van der Waals surface area contributed by atoms with Crippen molar-refractivity contribution >= 4 is 0 Å². The molecule has 3 nitrogen and oxygen atoms in total.